The molecule has 0 radical (unpaired) electrons. The van der Waals surface area contributed by atoms with Crippen LogP contribution in [0.25, 0.3) is 10.9 Å². The largest absolute Gasteiger partial charge is 0.457 e. The van der Waals surface area contributed by atoms with Gasteiger partial charge in [0.25, 0.3) is 5.91 Å². The summed E-state index contributed by atoms with van der Waals surface area (Å²) in [6, 6.07) is 18.7. The molecule has 1 aliphatic rings. The van der Waals surface area contributed by atoms with Gasteiger partial charge in [-0.2, -0.15) is 0 Å². The molecule has 0 atom stereocenters. The van der Waals surface area contributed by atoms with Gasteiger partial charge in [0.1, 0.15) is 11.5 Å². The second-order valence-corrected chi connectivity index (χ2v) is 9.35. The molecule has 0 saturated carbocycles. The highest BCUT2D eigenvalue weighted by atomic mass is 16.7. The maximum absolute atomic E-state index is 12.9. The number of hydrogen-bond acceptors (Lipinski definition) is 5. The summed E-state index contributed by atoms with van der Waals surface area (Å²) in [5.74, 6) is 2.42. The molecular weight excluding hydrogens is 454 g/mol. The lowest BCUT2D eigenvalue weighted by molar-refractivity contribution is 0.102. The predicted molar refractivity (Wildman–Crippen MR) is 142 cm³/mol. The fourth-order valence-electron chi connectivity index (χ4n) is 4.54. The third-order valence-corrected chi connectivity index (χ3v) is 6.56. The minimum atomic E-state index is -0.226. The van der Waals surface area contributed by atoms with Gasteiger partial charge < -0.3 is 29.0 Å². The van der Waals surface area contributed by atoms with Crippen LogP contribution in [-0.4, -0.2) is 42.8 Å². The Labute approximate surface area is 211 Å². The summed E-state index contributed by atoms with van der Waals surface area (Å²) in [5.41, 5.74) is 4.90. The Balaban J connectivity index is 1.32. The Bertz CT molecular complexity index is 1420. The van der Waals surface area contributed by atoms with E-state index < -0.39 is 0 Å². The summed E-state index contributed by atoms with van der Waals surface area (Å²) in [6.45, 7) is 6.56. The van der Waals surface area contributed by atoms with Gasteiger partial charge in [0.05, 0.1) is 0 Å². The number of carbonyl (C=O) groups is 1. The van der Waals surface area contributed by atoms with Gasteiger partial charge in [-0.15, -0.1) is 0 Å². The summed E-state index contributed by atoms with van der Waals surface area (Å²) in [4.78, 5) is 15.1. The average molecular weight is 486 g/mol. The van der Waals surface area contributed by atoms with E-state index in [4.69, 9.17) is 14.2 Å². The lowest BCUT2D eigenvalue weighted by atomic mass is 10.1. The molecule has 7 nitrogen and oxygen atoms in total. The SMILES string of the molecule is Cc1c(C)n(CCCN(C)C)c2ccc(Oc3cccc(C(=O)Nc4ccc5c(c4)OCO5)c3)cc12. The van der Waals surface area contributed by atoms with Crippen LogP contribution >= 0.6 is 0 Å². The average Bonchev–Trinajstić information content (AvgIpc) is 3.42. The zero-order chi connectivity index (χ0) is 25.2. The van der Waals surface area contributed by atoms with Crippen molar-refractivity contribution in [3.8, 4) is 23.0 Å². The van der Waals surface area contributed by atoms with Crippen molar-refractivity contribution in [1.82, 2.24) is 9.47 Å². The molecule has 2 heterocycles. The summed E-state index contributed by atoms with van der Waals surface area (Å²) in [5, 5.41) is 4.09. The highest BCUT2D eigenvalue weighted by Crippen LogP contribution is 2.35. The first-order valence-corrected chi connectivity index (χ1v) is 12.1. The Morgan fingerprint density at radius 3 is 2.64 bits per heavy atom. The van der Waals surface area contributed by atoms with E-state index in [1.54, 1.807) is 30.3 Å². The zero-order valence-electron chi connectivity index (χ0n) is 21.1. The Hall–Kier alpha value is -3.97. The van der Waals surface area contributed by atoms with Crippen LogP contribution in [0.15, 0.2) is 60.7 Å². The second kappa shape index (κ2) is 9.95. The highest BCUT2D eigenvalue weighted by molar-refractivity contribution is 6.04. The molecule has 1 aliphatic heterocycles. The molecule has 3 aromatic carbocycles. The van der Waals surface area contributed by atoms with Crippen molar-refractivity contribution in [1.29, 1.82) is 0 Å². The third kappa shape index (κ3) is 4.88. The summed E-state index contributed by atoms with van der Waals surface area (Å²) in [7, 11) is 4.21. The quantitative estimate of drug-likeness (QED) is 0.332. The standard InChI is InChI=1S/C29H31N3O4/c1-19-20(2)32(14-6-13-31(3)4)26-11-10-24(17-25(19)26)36-23-8-5-7-21(15-23)29(33)30-22-9-12-27-28(16-22)35-18-34-27/h5,7-12,15-17H,6,13-14,18H2,1-4H3,(H,30,33). The van der Waals surface area contributed by atoms with Crippen LogP contribution in [0.3, 0.4) is 0 Å². The van der Waals surface area contributed by atoms with Crippen LogP contribution in [0.2, 0.25) is 0 Å². The van der Waals surface area contributed by atoms with Gasteiger partial charge in [0.2, 0.25) is 6.79 Å². The van der Waals surface area contributed by atoms with Gasteiger partial charge in [-0.05, 0) is 95.0 Å². The first-order chi connectivity index (χ1) is 17.4. The Morgan fingerprint density at radius 1 is 1.00 bits per heavy atom. The van der Waals surface area contributed by atoms with Gasteiger partial charge in [-0.1, -0.05) is 6.07 Å². The van der Waals surface area contributed by atoms with Crippen molar-refractivity contribution in [2.24, 2.45) is 0 Å². The van der Waals surface area contributed by atoms with E-state index in [1.807, 2.05) is 18.2 Å². The lowest BCUT2D eigenvalue weighted by Gasteiger charge is -2.12. The third-order valence-electron chi connectivity index (χ3n) is 6.56. The number of anilines is 1. The number of nitrogens with one attached hydrogen (secondary N) is 1. The minimum Gasteiger partial charge on any atom is -0.457 e. The van der Waals surface area contributed by atoms with E-state index in [1.165, 1.54) is 22.2 Å². The van der Waals surface area contributed by atoms with Crippen LogP contribution in [0.4, 0.5) is 5.69 Å². The number of hydrogen-bond donors (Lipinski definition) is 1. The van der Waals surface area contributed by atoms with Gasteiger partial charge in [0, 0.05) is 40.5 Å². The van der Waals surface area contributed by atoms with Crippen molar-refractivity contribution in [3.63, 3.8) is 0 Å². The Kier molecular flexibility index (Phi) is 6.57. The summed E-state index contributed by atoms with van der Waals surface area (Å²) in [6.07, 6.45) is 1.09. The number of amides is 1. The summed E-state index contributed by atoms with van der Waals surface area (Å²) < 4.78 is 19.3. The van der Waals surface area contributed by atoms with Gasteiger partial charge in [0.15, 0.2) is 11.5 Å². The normalized spacial score (nSPS) is 12.4. The van der Waals surface area contributed by atoms with Gasteiger partial charge >= 0.3 is 0 Å². The second-order valence-electron chi connectivity index (χ2n) is 9.35. The summed E-state index contributed by atoms with van der Waals surface area (Å²) >= 11 is 0. The molecule has 1 amide bonds. The highest BCUT2D eigenvalue weighted by Gasteiger charge is 2.16. The zero-order valence-corrected chi connectivity index (χ0v) is 21.1. The molecule has 36 heavy (non-hydrogen) atoms. The van der Waals surface area contributed by atoms with Crippen molar-refractivity contribution in [3.05, 3.63) is 77.5 Å². The van der Waals surface area contributed by atoms with Crippen LogP contribution in [0.5, 0.6) is 23.0 Å². The van der Waals surface area contributed by atoms with Crippen LogP contribution < -0.4 is 19.5 Å². The number of nitrogens with zero attached hydrogens (tertiary/aromatic N) is 2. The van der Waals surface area contributed by atoms with Crippen molar-refractivity contribution < 1.29 is 19.0 Å². The molecule has 5 rings (SSSR count). The molecule has 0 aliphatic carbocycles. The molecular formula is C29H31N3O4. The smallest absolute Gasteiger partial charge is 0.255 e. The number of ether oxygens (including phenoxy) is 3. The first kappa shape index (κ1) is 23.8. The number of rotatable bonds is 8. The van der Waals surface area contributed by atoms with Gasteiger partial charge in [-0.3, -0.25) is 4.79 Å². The molecule has 0 bridgehead atoms. The first-order valence-electron chi connectivity index (χ1n) is 12.1. The molecule has 1 N–H and O–H groups in total. The Morgan fingerprint density at radius 2 is 1.81 bits per heavy atom. The molecule has 0 fully saturated rings. The molecule has 0 saturated heterocycles. The van der Waals surface area contributed by atoms with Crippen LogP contribution in [-0.2, 0) is 6.54 Å². The number of fused-ring (bicyclic) bond motifs is 2. The topological polar surface area (TPSA) is 65.0 Å². The maximum Gasteiger partial charge on any atom is 0.255 e. The van der Waals surface area contributed by atoms with E-state index in [-0.39, 0.29) is 12.7 Å². The van der Waals surface area contributed by atoms with E-state index in [0.29, 0.717) is 28.5 Å². The monoisotopic (exact) mass is 485 g/mol. The molecule has 0 unspecified atom stereocenters. The van der Waals surface area contributed by atoms with Crippen molar-refractivity contribution >= 4 is 22.5 Å². The van der Waals surface area contributed by atoms with E-state index >= 15 is 0 Å². The number of carbonyl (C=O) groups excluding carboxylic acids is 1. The van der Waals surface area contributed by atoms with Crippen molar-refractivity contribution in [2.75, 3.05) is 32.7 Å². The number of aryl methyl sites for hydroxylation is 2. The van der Waals surface area contributed by atoms with Crippen molar-refractivity contribution in [2.45, 2.75) is 26.8 Å². The van der Waals surface area contributed by atoms with Crippen LogP contribution in [0, 0.1) is 13.8 Å². The predicted octanol–water partition coefficient (Wildman–Crippen LogP) is 5.98. The fraction of sp³-hybridized carbons (Fsp3) is 0.276. The molecule has 4 aromatic rings. The van der Waals surface area contributed by atoms with Crippen LogP contribution in [0.1, 0.15) is 28.0 Å². The molecule has 186 valence electrons. The van der Waals surface area contributed by atoms with Gasteiger partial charge in [-0.25, -0.2) is 0 Å². The van der Waals surface area contributed by atoms with E-state index in [2.05, 4.69) is 54.9 Å². The number of benzene rings is 3. The molecule has 1 aromatic heterocycles. The lowest BCUT2D eigenvalue weighted by Crippen LogP contribution is -2.15. The minimum absolute atomic E-state index is 0.193. The maximum atomic E-state index is 12.9. The van der Waals surface area contributed by atoms with E-state index in [0.717, 1.165) is 25.3 Å². The number of aromatic nitrogens is 1. The molecule has 0 spiro atoms. The fourth-order valence-corrected chi connectivity index (χ4v) is 4.54. The molecule has 7 heteroatoms. The van der Waals surface area contributed by atoms with E-state index in [9.17, 15) is 4.79 Å².